The van der Waals surface area contributed by atoms with Crippen LogP contribution in [-0.2, 0) is 16.0 Å². The van der Waals surface area contributed by atoms with Gasteiger partial charge >= 0.3 is 5.97 Å². The first-order valence-corrected chi connectivity index (χ1v) is 7.92. The SMILES string of the molecule is O=C(Cc1csc2nccn12)NC1(C(=O)O)CCCCC1. The molecule has 0 aromatic carbocycles. The van der Waals surface area contributed by atoms with Gasteiger partial charge in [-0.25, -0.2) is 9.78 Å². The fourth-order valence-electron chi connectivity index (χ4n) is 2.92. The molecule has 2 N–H and O–H groups in total. The number of imidazole rings is 1. The van der Waals surface area contributed by atoms with Gasteiger partial charge in [-0.15, -0.1) is 11.3 Å². The third kappa shape index (κ3) is 2.65. The summed E-state index contributed by atoms with van der Waals surface area (Å²) in [4.78, 5) is 28.8. The van der Waals surface area contributed by atoms with Crippen molar-refractivity contribution < 1.29 is 14.7 Å². The van der Waals surface area contributed by atoms with E-state index in [9.17, 15) is 14.7 Å². The van der Waals surface area contributed by atoms with Crippen LogP contribution in [0.4, 0.5) is 0 Å². The highest BCUT2D eigenvalue weighted by molar-refractivity contribution is 7.15. The standard InChI is InChI=1S/C14H17N3O3S/c18-11(8-10-9-21-13-15-6-7-17(10)13)16-14(12(19)20)4-2-1-3-5-14/h6-7,9H,1-5,8H2,(H,16,18)(H,19,20). The fourth-order valence-corrected chi connectivity index (χ4v) is 3.77. The number of rotatable bonds is 4. The van der Waals surface area contributed by atoms with Crippen LogP contribution in [0, 0.1) is 0 Å². The van der Waals surface area contributed by atoms with E-state index in [0.29, 0.717) is 12.8 Å². The Morgan fingerprint density at radius 3 is 2.86 bits per heavy atom. The van der Waals surface area contributed by atoms with Crippen molar-refractivity contribution in [3.05, 3.63) is 23.5 Å². The van der Waals surface area contributed by atoms with Crippen LogP contribution >= 0.6 is 11.3 Å². The third-order valence-electron chi connectivity index (χ3n) is 4.05. The Labute approximate surface area is 125 Å². The number of hydrogen-bond donors (Lipinski definition) is 2. The number of aliphatic carboxylic acids is 1. The van der Waals surface area contributed by atoms with Crippen molar-refractivity contribution in [2.24, 2.45) is 0 Å². The molecule has 112 valence electrons. The van der Waals surface area contributed by atoms with Gasteiger partial charge in [-0.1, -0.05) is 19.3 Å². The van der Waals surface area contributed by atoms with Gasteiger partial charge in [0.2, 0.25) is 5.91 Å². The topological polar surface area (TPSA) is 83.7 Å². The first-order chi connectivity index (χ1) is 10.1. The van der Waals surface area contributed by atoms with E-state index in [1.54, 1.807) is 6.20 Å². The molecule has 3 rings (SSSR count). The van der Waals surface area contributed by atoms with Gasteiger partial charge in [0.05, 0.1) is 6.42 Å². The zero-order chi connectivity index (χ0) is 14.9. The molecule has 1 aliphatic rings. The molecule has 6 nitrogen and oxygen atoms in total. The number of amides is 1. The highest BCUT2D eigenvalue weighted by Gasteiger charge is 2.40. The summed E-state index contributed by atoms with van der Waals surface area (Å²) in [6.45, 7) is 0. The molecule has 1 aliphatic carbocycles. The molecule has 21 heavy (non-hydrogen) atoms. The molecule has 1 amide bonds. The molecule has 2 heterocycles. The maximum atomic E-state index is 12.3. The van der Waals surface area contributed by atoms with E-state index in [1.807, 2.05) is 16.0 Å². The highest BCUT2D eigenvalue weighted by atomic mass is 32.1. The largest absolute Gasteiger partial charge is 0.480 e. The van der Waals surface area contributed by atoms with Crippen LogP contribution in [0.3, 0.4) is 0 Å². The van der Waals surface area contributed by atoms with E-state index in [1.165, 1.54) is 11.3 Å². The molecule has 0 radical (unpaired) electrons. The zero-order valence-electron chi connectivity index (χ0n) is 11.5. The van der Waals surface area contributed by atoms with Crippen molar-refractivity contribution >= 4 is 28.2 Å². The lowest BCUT2D eigenvalue weighted by Gasteiger charge is -2.33. The average Bonchev–Trinajstić information content (AvgIpc) is 3.05. The van der Waals surface area contributed by atoms with Crippen molar-refractivity contribution in [2.45, 2.75) is 44.1 Å². The van der Waals surface area contributed by atoms with Gasteiger partial charge in [0, 0.05) is 23.5 Å². The fraction of sp³-hybridized carbons (Fsp3) is 0.500. The number of nitrogens with one attached hydrogen (secondary N) is 1. The number of thiazole rings is 1. The van der Waals surface area contributed by atoms with Crippen molar-refractivity contribution in [2.75, 3.05) is 0 Å². The van der Waals surface area contributed by atoms with Crippen LogP contribution in [0.1, 0.15) is 37.8 Å². The maximum Gasteiger partial charge on any atom is 0.329 e. The van der Waals surface area contributed by atoms with Crippen LogP contribution in [0.5, 0.6) is 0 Å². The lowest BCUT2D eigenvalue weighted by atomic mass is 9.81. The molecule has 1 fully saturated rings. The lowest BCUT2D eigenvalue weighted by Crippen LogP contribution is -2.56. The molecular weight excluding hydrogens is 290 g/mol. The molecule has 0 atom stereocenters. The van der Waals surface area contributed by atoms with Crippen LogP contribution < -0.4 is 5.32 Å². The highest BCUT2D eigenvalue weighted by Crippen LogP contribution is 2.28. The Morgan fingerprint density at radius 1 is 1.38 bits per heavy atom. The maximum absolute atomic E-state index is 12.3. The quantitative estimate of drug-likeness (QED) is 0.903. The van der Waals surface area contributed by atoms with Gasteiger partial charge < -0.3 is 10.4 Å². The molecule has 0 unspecified atom stereocenters. The minimum Gasteiger partial charge on any atom is -0.480 e. The molecule has 1 saturated carbocycles. The second-order valence-electron chi connectivity index (χ2n) is 5.48. The van der Waals surface area contributed by atoms with Gasteiger partial charge in [-0.3, -0.25) is 9.20 Å². The summed E-state index contributed by atoms with van der Waals surface area (Å²) >= 11 is 1.47. The van der Waals surface area contributed by atoms with Gasteiger partial charge in [-0.05, 0) is 12.8 Å². The summed E-state index contributed by atoms with van der Waals surface area (Å²) in [6, 6.07) is 0. The number of nitrogens with zero attached hydrogens (tertiary/aromatic N) is 2. The average molecular weight is 307 g/mol. The summed E-state index contributed by atoms with van der Waals surface area (Å²) in [5, 5.41) is 14.1. The zero-order valence-corrected chi connectivity index (χ0v) is 12.4. The summed E-state index contributed by atoms with van der Waals surface area (Å²) < 4.78 is 1.86. The minimum absolute atomic E-state index is 0.172. The molecule has 0 saturated heterocycles. The lowest BCUT2D eigenvalue weighted by molar-refractivity contribution is -0.149. The number of carbonyl (C=O) groups is 2. The second kappa shape index (κ2) is 5.48. The molecule has 7 heteroatoms. The van der Waals surface area contributed by atoms with Gasteiger partial charge in [0.25, 0.3) is 0 Å². The minimum atomic E-state index is -1.08. The van der Waals surface area contributed by atoms with Gasteiger partial charge in [0.1, 0.15) is 5.54 Å². The van der Waals surface area contributed by atoms with Crippen molar-refractivity contribution in [1.29, 1.82) is 0 Å². The number of carboxylic acid groups (broad SMARTS) is 1. The number of fused-ring (bicyclic) bond motifs is 1. The molecular formula is C14H17N3O3S. The summed E-state index contributed by atoms with van der Waals surface area (Å²) in [6.07, 6.45) is 7.41. The number of aromatic nitrogens is 2. The number of hydrogen-bond acceptors (Lipinski definition) is 4. The molecule has 2 aromatic rings. The van der Waals surface area contributed by atoms with E-state index >= 15 is 0 Å². The number of carbonyl (C=O) groups excluding carboxylic acids is 1. The predicted molar refractivity (Wildman–Crippen MR) is 78.4 cm³/mol. The van der Waals surface area contributed by atoms with Crippen LogP contribution in [-0.4, -0.2) is 31.9 Å². The smallest absolute Gasteiger partial charge is 0.329 e. The Balaban J connectivity index is 1.73. The van der Waals surface area contributed by atoms with Crippen LogP contribution in [0.2, 0.25) is 0 Å². The van der Waals surface area contributed by atoms with Crippen molar-refractivity contribution in [1.82, 2.24) is 14.7 Å². The predicted octanol–water partition coefficient (Wildman–Crippen LogP) is 1.84. The first kappa shape index (κ1) is 14.1. The van der Waals surface area contributed by atoms with Crippen LogP contribution in [0.25, 0.3) is 4.96 Å². The molecule has 0 spiro atoms. The van der Waals surface area contributed by atoms with E-state index in [-0.39, 0.29) is 12.3 Å². The Bertz CT molecular complexity index is 670. The summed E-state index contributed by atoms with van der Waals surface area (Å²) in [5.74, 6) is -1.17. The van der Waals surface area contributed by atoms with E-state index < -0.39 is 11.5 Å². The summed E-state index contributed by atoms with van der Waals surface area (Å²) in [5.41, 5.74) is -0.249. The van der Waals surface area contributed by atoms with Crippen molar-refractivity contribution in [3.63, 3.8) is 0 Å². The molecule has 2 aromatic heterocycles. The number of carboxylic acids is 1. The second-order valence-corrected chi connectivity index (χ2v) is 6.32. The third-order valence-corrected chi connectivity index (χ3v) is 4.96. The van der Waals surface area contributed by atoms with E-state index in [0.717, 1.165) is 29.9 Å². The summed E-state index contributed by atoms with van der Waals surface area (Å²) in [7, 11) is 0. The molecule has 0 aliphatic heterocycles. The molecule has 0 bridgehead atoms. The van der Waals surface area contributed by atoms with Gasteiger partial charge in [-0.2, -0.15) is 0 Å². The Kier molecular flexibility index (Phi) is 3.67. The van der Waals surface area contributed by atoms with Crippen molar-refractivity contribution in [3.8, 4) is 0 Å². The first-order valence-electron chi connectivity index (χ1n) is 7.05. The monoisotopic (exact) mass is 307 g/mol. The van der Waals surface area contributed by atoms with E-state index in [4.69, 9.17) is 0 Å². The van der Waals surface area contributed by atoms with Gasteiger partial charge in [0.15, 0.2) is 4.96 Å². The van der Waals surface area contributed by atoms with E-state index in [2.05, 4.69) is 10.3 Å². The Hall–Kier alpha value is -1.89. The Morgan fingerprint density at radius 2 is 2.14 bits per heavy atom. The van der Waals surface area contributed by atoms with Crippen LogP contribution in [0.15, 0.2) is 17.8 Å². The normalized spacial score (nSPS) is 17.7.